The van der Waals surface area contributed by atoms with Crippen LogP contribution in [0.15, 0.2) is 0 Å². The number of carboxylic acids is 1. The van der Waals surface area contributed by atoms with Crippen LogP contribution in [-0.4, -0.2) is 36.1 Å². The summed E-state index contributed by atoms with van der Waals surface area (Å²) < 4.78 is 26.8. The molecule has 6 heteroatoms. The number of hydrogen-bond acceptors (Lipinski definition) is 3. The average molecular weight is 208 g/mol. The molecule has 4 nitrogen and oxygen atoms in total. The zero-order valence-electron chi connectivity index (χ0n) is 7.67. The molecule has 1 rings (SSSR count). The molecule has 1 saturated heterocycles. The van der Waals surface area contributed by atoms with E-state index in [1.165, 1.54) is 0 Å². The highest BCUT2D eigenvalue weighted by atomic mass is 19.3. The Morgan fingerprint density at radius 2 is 2.00 bits per heavy atom. The van der Waals surface area contributed by atoms with Gasteiger partial charge in [0.15, 0.2) is 6.04 Å². The highest BCUT2D eigenvalue weighted by molar-refractivity contribution is 5.74. The van der Waals surface area contributed by atoms with Crippen molar-refractivity contribution in [2.45, 2.75) is 24.8 Å². The summed E-state index contributed by atoms with van der Waals surface area (Å²) in [5.74, 6) is -5.88. The van der Waals surface area contributed by atoms with Gasteiger partial charge in [0, 0.05) is 5.92 Å². The van der Waals surface area contributed by atoms with Crippen LogP contribution in [0, 0.1) is 5.92 Å². The van der Waals surface area contributed by atoms with Gasteiger partial charge in [-0.05, 0) is 25.9 Å². The molecule has 1 aliphatic heterocycles. The predicted octanol–water partition coefficient (Wildman–Crippen LogP) is 0.0332. The second kappa shape index (κ2) is 4.18. The molecular weight excluding hydrogens is 194 g/mol. The minimum absolute atomic E-state index is 0.272. The van der Waals surface area contributed by atoms with Gasteiger partial charge in [0.2, 0.25) is 0 Å². The van der Waals surface area contributed by atoms with Crippen LogP contribution in [0.1, 0.15) is 12.8 Å². The van der Waals surface area contributed by atoms with Gasteiger partial charge in [-0.2, -0.15) is 0 Å². The summed E-state index contributed by atoms with van der Waals surface area (Å²) >= 11 is 0. The molecule has 0 aliphatic carbocycles. The summed E-state index contributed by atoms with van der Waals surface area (Å²) in [5, 5.41) is 11.4. The van der Waals surface area contributed by atoms with Crippen LogP contribution in [0.5, 0.6) is 0 Å². The lowest BCUT2D eigenvalue weighted by atomic mass is 9.87. The number of aliphatic carboxylic acids is 1. The molecule has 0 aromatic carbocycles. The third kappa shape index (κ3) is 2.19. The summed E-state index contributed by atoms with van der Waals surface area (Å²) in [6.45, 7) is 0.985. The zero-order chi connectivity index (χ0) is 10.8. The first-order chi connectivity index (χ1) is 6.46. The van der Waals surface area contributed by atoms with Gasteiger partial charge in [-0.15, -0.1) is 0 Å². The van der Waals surface area contributed by atoms with Crippen LogP contribution < -0.4 is 11.1 Å². The van der Waals surface area contributed by atoms with Crippen molar-refractivity contribution < 1.29 is 18.7 Å². The maximum absolute atomic E-state index is 13.4. The lowest BCUT2D eigenvalue weighted by Crippen LogP contribution is -2.53. The van der Waals surface area contributed by atoms with Gasteiger partial charge in [-0.1, -0.05) is 0 Å². The minimum Gasteiger partial charge on any atom is -0.480 e. The fraction of sp³-hybridized carbons (Fsp3) is 0.875. The molecule has 1 unspecified atom stereocenters. The molecule has 1 atom stereocenters. The second-order valence-corrected chi connectivity index (χ2v) is 3.51. The number of carbonyl (C=O) groups is 1. The second-order valence-electron chi connectivity index (χ2n) is 3.51. The monoisotopic (exact) mass is 208 g/mol. The number of carboxylic acid groups (broad SMARTS) is 1. The Kier molecular flexibility index (Phi) is 3.38. The van der Waals surface area contributed by atoms with Crippen molar-refractivity contribution in [3.63, 3.8) is 0 Å². The lowest BCUT2D eigenvalue weighted by molar-refractivity contribution is -0.155. The van der Waals surface area contributed by atoms with Crippen molar-refractivity contribution in [3.05, 3.63) is 0 Å². The maximum Gasteiger partial charge on any atom is 0.326 e. The van der Waals surface area contributed by atoms with E-state index in [1.807, 2.05) is 0 Å². The molecule has 14 heavy (non-hydrogen) atoms. The summed E-state index contributed by atoms with van der Waals surface area (Å²) in [6, 6.07) is -2.09. The van der Waals surface area contributed by atoms with E-state index in [-0.39, 0.29) is 12.8 Å². The van der Waals surface area contributed by atoms with Crippen molar-refractivity contribution in [1.82, 2.24) is 5.32 Å². The quantitative estimate of drug-likeness (QED) is 0.611. The largest absolute Gasteiger partial charge is 0.480 e. The molecule has 0 spiro atoms. The van der Waals surface area contributed by atoms with E-state index < -0.39 is 23.9 Å². The normalized spacial score (nSPS) is 21.9. The number of piperidine rings is 1. The molecule has 1 aliphatic rings. The van der Waals surface area contributed by atoms with E-state index in [4.69, 9.17) is 10.8 Å². The van der Waals surface area contributed by atoms with E-state index >= 15 is 0 Å². The van der Waals surface area contributed by atoms with Gasteiger partial charge < -0.3 is 16.2 Å². The summed E-state index contributed by atoms with van der Waals surface area (Å²) in [7, 11) is 0. The Labute approximate surface area is 80.5 Å². The van der Waals surface area contributed by atoms with Gasteiger partial charge in [-0.25, -0.2) is 8.78 Å². The molecule has 4 N–H and O–H groups in total. The maximum atomic E-state index is 13.4. The van der Waals surface area contributed by atoms with Crippen molar-refractivity contribution in [2.75, 3.05) is 13.1 Å². The van der Waals surface area contributed by atoms with E-state index in [9.17, 15) is 13.6 Å². The van der Waals surface area contributed by atoms with Crippen LogP contribution in [0.4, 0.5) is 8.78 Å². The summed E-state index contributed by atoms with van der Waals surface area (Å²) in [5.41, 5.74) is 4.96. The molecule has 82 valence electrons. The number of hydrogen-bond donors (Lipinski definition) is 3. The number of rotatable bonds is 3. The Morgan fingerprint density at radius 3 is 2.43 bits per heavy atom. The number of alkyl halides is 2. The smallest absolute Gasteiger partial charge is 0.326 e. The SMILES string of the molecule is NC(C(=O)O)C(F)(F)C1CCNCC1. The molecule has 0 radical (unpaired) electrons. The van der Waals surface area contributed by atoms with Crippen LogP contribution in [0.3, 0.4) is 0 Å². The van der Waals surface area contributed by atoms with Crippen molar-refractivity contribution in [2.24, 2.45) is 11.7 Å². The standard InChI is InChI=1S/C8H14F2N2O2/c9-8(10,6(11)7(13)14)5-1-3-12-4-2-5/h5-6,12H,1-4,11H2,(H,13,14). The van der Waals surface area contributed by atoms with Crippen molar-refractivity contribution >= 4 is 5.97 Å². The molecule has 1 fully saturated rings. The molecule has 0 bridgehead atoms. The number of nitrogens with two attached hydrogens (primary N) is 1. The Balaban J connectivity index is 2.66. The highest BCUT2D eigenvalue weighted by Gasteiger charge is 2.48. The molecule has 0 aromatic heterocycles. The van der Waals surface area contributed by atoms with Crippen molar-refractivity contribution in [1.29, 1.82) is 0 Å². The topological polar surface area (TPSA) is 75.4 Å². The van der Waals surface area contributed by atoms with Gasteiger partial charge in [0.05, 0.1) is 0 Å². The summed E-state index contributed by atoms with van der Waals surface area (Å²) in [6.07, 6.45) is 0.544. The molecule has 0 amide bonds. The van der Waals surface area contributed by atoms with Gasteiger partial charge in [0.25, 0.3) is 5.92 Å². The first kappa shape index (κ1) is 11.3. The van der Waals surface area contributed by atoms with E-state index in [0.717, 1.165) is 0 Å². The molecular formula is C8H14F2N2O2. The Morgan fingerprint density at radius 1 is 1.50 bits per heavy atom. The van der Waals surface area contributed by atoms with E-state index in [1.54, 1.807) is 0 Å². The van der Waals surface area contributed by atoms with Crippen molar-refractivity contribution in [3.8, 4) is 0 Å². The highest BCUT2D eigenvalue weighted by Crippen LogP contribution is 2.33. The Hall–Kier alpha value is -0.750. The fourth-order valence-corrected chi connectivity index (χ4v) is 1.63. The van der Waals surface area contributed by atoms with Gasteiger partial charge >= 0.3 is 5.97 Å². The first-order valence-corrected chi connectivity index (χ1v) is 4.53. The zero-order valence-corrected chi connectivity index (χ0v) is 7.67. The lowest BCUT2D eigenvalue weighted by Gasteiger charge is -2.32. The van der Waals surface area contributed by atoms with Gasteiger partial charge in [-0.3, -0.25) is 4.79 Å². The summed E-state index contributed by atoms with van der Waals surface area (Å²) in [4.78, 5) is 10.4. The Bertz CT molecular complexity index is 217. The van der Waals surface area contributed by atoms with Gasteiger partial charge in [0.1, 0.15) is 0 Å². The first-order valence-electron chi connectivity index (χ1n) is 4.53. The van der Waals surface area contributed by atoms with E-state index in [2.05, 4.69) is 5.32 Å². The molecule has 0 aromatic rings. The number of halogens is 2. The number of nitrogens with one attached hydrogen (secondary N) is 1. The molecule has 1 heterocycles. The molecule has 0 saturated carbocycles. The van der Waals surface area contributed by atoms with E-state index in [0.29, 0.717) is 13.1 Å². The van der Waals surface area contributed by atoms with Crippen LogP contribution in [0.2, 0.25) is 0 Å². The third-order valence-corrected chi connectivity index (χ3v) is 2.56. The third-order valence-electron chi connectivity index (χ3n) is 2.56. The van der Waals surface area contributed by atoms with Crippen LogP contribution in [-0.2, 0) is 4.79 Å². The van der Waals surface area contributed by atoms with Crippen LogP contribution in [0.25, 0.3) is 0 Å². The fourth-order valence-electron chi connectivity index (χ4n) is 1.63. The average Bonchev–Trinajstić information content (AvgIpc) is 2.18. The van der Waals surface area contributed by atoms with Crippen LogP contribution >= 0.6 is 0 Å². The predicted molar refractivity (Wildman–Crippen MR) is 46.2 cm³/mol. The minimum atomic E-state index is -3.31.